The first kappa shape index (κ1) is 51.0. The number of carbonyl (C=O) groups is 6. The molecule has 0 aromatic carbocycles. The van der Waals surface area contributed by atoms with E-state index in [0.29, 0.717) is 64.5 Å². The molecule has 17 nitrogen and oxygen atoms in total. The van der Waals surface area contributed by atoms with Gasteiger partial charge in [0.05, 0.1) is 12.6 Å². The fraction of sp³-hybridized carbons (Fsp3) is 0.842. The van der Waals surface area contributed by atoms with Gasteiger partial charge in [0.1, 0.15) is 34.5 Å². The van der Waals surface area contributed by atoms with Crippen molar-refractivity contribution in [3.05, 3.63) is 0 Å². The SMILES string of the molecule is CC(C)(C)OC(=O)NCCCC[C@H](NC(=O)OC(C)(C)C)C(=O)NCCCC[C@@H](CO)NC(=O)[C@H](CCCCNC(=O)OC(C)(C)C)NC(=O)OC(C)(C)C. The molecule has 0 spiro atoms. The van der Waals surface area contributed by atoms with Crippen molar-refractivity contribution in [1.82, 2.24) is 31.9 Å². The van der Waals surface area contributed by atoms with Crippen molar-refractivity contribution in [3.63, 3.8) is 0 Å². The van der Waals surface area contributed by atoms with Crippen molar-refractivity contribution in [2.45, 2.75) is 181 Å². The molecule has 7 N–H and O–H groups in total. The van der Waals surface area contributed by atoms with Gasteiger partial charge in [-0.15, -0.1) is 0 Å². The van der Waals surface area contributed by atoms with Gasteiger partial charge in [0.15, 0.2) is 0 Å². The molecule has 0 aliphatic heterocycles. The standard InChI is InChI=1S/C38H72N6O11/c1-35(2,3)52-31(48)40-23-17-14-20-27(43-33(50)54-37(7,8)9)29(46)39-22-16-13-19-26(25-45)42-30(47)28(44-34(51)55-38(10,11)12)21-15-18-24-41-32(49)53-36(4,5)6/h26-28,45H,13-25H2,1-12H3,(H,39,46)(H,40,48)(H,41,49)(H,42,47)(H,43,50)(H,44,51)/t26-,27-,28-/m0/s1. The first-order valence-corrected chi connectivity index (χ1v) is 19.3. The second-order valence-corrected chi connectivity index (χ2v) is 17.4. The number of hydrogen-bond acceptors (Lipinski definition) is 11. The molecule has 0 bridgehead atoms. The summed E-state index contributed by atoms with van der Waals surface area (Å²) in [5.74, 6) is -0.883. The molecule has 0 aliphatic rings. The predicted molar refractivity (Wildman–Crippen MR) is 208 cm³/mol. The Balaban J connectivity index is 5.10. The lowest BCUT2D eigenvalue weighted by Crippen LogP contribution is -2.51. The van der Waals surface area contributed by atoms with Gasteiger partial charge in [0.25, 0.3) is 0 Å². The number of hydrogen-bond donors (Lipinski definition) is 7. The summed E-state index contributed by atoms with van der Waals surface area (Å²) in [6.07, 6.45) is 1.52. The van der Waals surface area contributed by atoms with E-state index in [1.54, 1.807) is 83.1 Å². The van der Waals surface area contributed by atoms with E-state index in [2.05, 4.69) is 31.9 Å². The third-order valence-corrected chi connectivity index (χ3v) is 7.04. The summed E-state index contributed by atoms with van der Waals surface area (Å²) >= 11 is 0. The van der Waals surface area contributed by atoms with Crippen LogP contribution in [-0.2, 0) is 28.5 Å². The average Bonchev–Trinajstić information content (AvgIpc) is 2.98. The van der Waals surface area contributed by atoms with Crippen LogP contribution in [0.2, 0.25) is 0 Å². The fourth-order valence-corrected chi connectivity index (χ4v) is 4.75. The minimum atomic E-state index is -0.952. The first-order chi connectivity index (χ1) is 25.2. The molecule has 320 valence electrons. The zero-order chi connectivity index (χ0) is 42.5. The predicted octanol–water partition coefficient (Wildman–Crippen LogP) is 4.93. The van der Waals surface area contributed by atoms with E-state index in [1.807, 2.05) is 0 Å². The Labute approximate surface area is 328 Å². The Kier molecular flexibility index (Phi) is 22.7. The minimum Gasteiger partial charge on any atom is -0.444 e. The Morgan fingerprint density at radius 1 is 0.436 bits per heavy atom. The molecule has 0 aromatic heterocycles. The van der Waals surface area contributed by atoms with Crippen LogP contribution in [0.15, 0.2) is 0 Å². The molecule has 0 radical (unpaired) electrons. The molecule has 0 aromatic rings. The summed E-state index contributed by atoms with van der Waals surface area (Å²) in [6, 6.07) is -2.44. The van der Waals surface area contributed by atoms with Crippen molar-refractivity contribution < 1.29 is 52.8 Å². The van der Waals surface area contributed by atoms with Gasteiger partial charge >= 0.3 is 24.4 Å². The number of aliphatic hydroxyl groups is 1. The highest BCUT2D eigenvalue weighted by Crippen LogP contribution is 2.12. The Morgan fingerprint density at radius 2 is 0.764 bits per heavy atom. The maximum absolute atomic E-state index is 13.3. The number of aliphatic hydroxyl groups excluding tert-OH is 1. The molecule has 55 heavy (non-hydrogen) atoms. The van der Waals surface area contributed by atoms with E-state index in [-0.39, 0.29) is 19.6 Å². The molecular weight excluding hydrogens is 716 g/mol. The van der Waals surface area contributed by atoms with Gasteiger partial charge in [-0.05, 0) is 141 Å². The summed E-state index contributed by atoms with van der Waals surface area (Å²) in [7, 11) is 0. The Bertz CT molecular complexity index is 1200. The van der Waals surface area contributed by atoms with Crippen molar-refractivity contribution in [2.24, 2.45) is 0 Å². The maximum Gasteiger partial charge on any atom is 0.408 e. The zero-order valence-corrected chi connectivity index (χ0v) is 35.5. The van der Waals surface area contributed by atoms with Gasteiger partial charge in [0, 0.05) is 19.6 Å². The molecule has 0 fully saturated rings. The number of nitrogens with one attached hydrogen (secondary N) is 6. The molecule has 6 amide bonds. The topological polar surface area (TPSA) is 232 Å². The number of alkyl carbamates (subject to hydrolysis) is 4. The van der Waals surface area contributed by atoms with Gasteiger partial charge in [-0.2, -0.15) is 0 Å². The van der Waals surface area contributed by atoms with Crippen LogP contribution in [0.5, 0.6) is 0 Å². The monoisotopic (exact) mass is 789 g/mol. The number of amides is 6. The zero-order valence-electron chi connectivity index (χ0n) is 35.5. The highest BCUT2D eigenvalue weighted by molar-refractivity contribution is 5.86. The maximum atomic E-state index is 13.3. The summed E-state index contributed by atoms with van der Waals surface area (Å²) in [6.45, 7) is 21.5. The molecule has 0 rings (SSSR count). The highest BCUT2D eigenvalue weighted by Gasteiger charge is 2.27. The van der Waals surface area contributed by atoms with Crippen LogP contribution in [0.1, 0.15) is 141 Å². The lowest BCUT2D eigenvalue weighted by Gasteiger charge is -2.25. The lowest BCUT2D eigenvalue weighted by atomic mass is 10.1. The summed E-state index contributed by atoms with van der Waals surface area (Å²) in [4.78, 5) is 75.2. The largest absolute Gasteiger partial charge is 0.444 e. The van der Waals surface area contributed by atoms with E-state index < -0.39 is 76.7 Å². The quantitative estimate of drug-likeness (QED) is 0.0609. The van der Waals surface area contributed by atoms with E-state index in [9.17, 15) is 33.9 Å². The van der Waals surface area contributed by atoms with E-state index >= 15 is 0 Å². The van der Waals surface area contributed by atoms with Crippen LogP contribution >= 0.6 is 0 Å². The van der Waals surface area contributed by atoms with Crippen LogP contribution in [0.25, 0.3) is 0 Å². The Morgan fingerprint density at radius 3 is 1.13 bits per heavy atom. The van der Waals surface area contributed by atoms with Gasteiger partial charge < -0.3 is 56.0 Å². The lowest BCUT2D eigenvalue weighted by molar-refractivity contribution is -0.124. The molecule has 0 saturated carbocycles. The number of carbonyl (C=O) groups excluding carboxylic acids is 6. The second kappa shape index (κ2) is 24.5. The van der Waals surface area contributed by atoms with Crippen LogP contribution < -0.4 is 31.9 Å². The third kappa shape index (κ3) is 30.0. The molecule has 0 aliphatic carbocycles. The molecule has 0 unspecified atom stereocenters. The molecule has 17 heteroatoms. The van der Waals surface area contributed by atoms with E-state index in [1.165, 1.54) is 0 Å². The van der Waals surface area contributed by atoms with E-state index in [4.69, 9.17) is 18.9 Å². The molecular formula is C38H72N6O11. The van der Waals surface area contributed by atoms with Crippen molar-refractivity contribution >= 4 is 36.2 Å². The van der Waals surface area contributed by atoms with Crippen molar-refractivity contribution in [1.29, 1.82) is 0 Å². The summed E-state index contributed by atoms with van der Waals surface area (Å²) in [5.41, 5.74) is -2.78. The number of unbranched alkanes of at least 4 members (excludes halogenated alkanes) is 3. The number of rotatable bonds is 21. The van der Waals surface area contributed by atoms with Gasteiger partial charge in [-0.1, -0.05) is 0 Å². The molecule has 3 atom stereocenters. The van der Waals surface area contributed by atoms with Crippen LogP contribution in [0, 0.1) is 0 Å². The first-order valence-electron chi connectivity index (χ1n) is 19.3. The highest BCUT2D eigenvalue weighted by atomic mass is 16.6. The van der Waals surface area contributed by atoms with Crippen molar-refractivity contribution in [3.8, 4) is 0 Å². The summed E-state index contributed by atoms with van der Waals surface area (Å²) in [5, 5.41) is 26.2. The second-order valence-electron chi connectivity index (χ2n) is 17.4. The summed E-state index contributed by atoms with van der Waals surface area (Å²) < 4.78 is 21.1. The Hall–Kier alpha value is -4.02. The van der Waals surface area contributed by atoms with Crippen LogP contribution in [0.4, 0.5) is 19.2 Å². The van der Waals surface area contributed by atoms with Crippen molar-refractivity contribution in [2.75, 3.05) is 26.2 Å². The van der Waals surface area contributed by atoms with E-state index in [0.717, 1.165) is 0 Å². The van der Waals surface area contributed by atoms with Crippen LogP contribution in [-0.4, -0.2) is 108 Å². The average molecular weight is 789 g/mol. The third-order valence-electron chi connectivity index (χ3n) is 7.04. The smallest absolute Gasteiger partial charge is 0.408 e. The van der Waals surface area contributed by atoms with Crippen LogP contribution in [0.3, 0.4) is 0 Å². The molecule has 0 heterocycles. The normalized spacial score (nSPS) is 13.6. The number of ether oxygens (including phenoxy) is 4. The van der Waals surface area contributed by atoms with Gasteiger partial charge in [-0.25, -0.2) is 19.2 Å². The fourth-order valence-electron chi connectivity index (χ4n) is 4.75. The van der Waals surface area contributed by atoms with Gasteiger partial charge in [0.2, 0.25) is 11.8 Å². The van der Waals surface area contributed by atoms with Gasteiger partial charge in [-0.3, -0.25) is 9.59 Å². The molecule has 0 saturated heterocycles. The minimum absolute atomic E-state index is 0.254.